The topological polar surface area (TPSA) is 21.3 Å². The van der Waals surface area contributed by atoms with Gasteiger partial charge < -0.3 is 10.1 Å². The quantitative estimate of drug-likeness (QED) is 0.720. The molecule has 0 atom stereocenters. The van der Waals surface area contributed by atoms with Crippen LogP contribution in [0.3, 0.4) is 0 Å². The molecule has 1 N–H and O–H groups in total. The van der Waals surface area contributed by atoms with E-state index in [2.05, 4.69) is 19.2 Å². The summed E-state index contributed by atoms with van der Waals surface area (Å²) in [5.74, 6) is -0.204. The maximum absolute atomic E-state index is 12.6. The summed E-state index contributed by atoms with van der Waals surface area (Å²) in [5, 5.41) is 3.32. The van der Waals surface area contributed by atoms with Gasteiger partial charge in [0, 0.05) is 12.6 Å². The van der Waals surface area contributed by atoms with Crippen LogP contribution in [0.5, 0.6) is 0 Å². The van der Waals surface area contributed by atoms with E-state index in [1.165, 1.54) is 12.1 Å². The van der Waals surface area contributed by atoms with Crippen LogP contribution in [0.15, 0.2) is 24.3 Å². The molecular formula is C13H20FNO. The molecule has 3 heteroatoms. The van der Waals surface area contributed by atoms with Gasteiger partial charge in [0.2, 0.25) is 0 Å². The van der Waals surface area contributed by atoms with E-state index in [1.54, 1.807) is 12.1 Å². The van der Waals surface area contributed by atoms with Crippen molar-refractivity contribution in [2.75, 3.05) is 13.2 Å². The summed E-state index contributed by atoms with van der Waals surface area (Å²) in [6.07, 6.45) is 0.999. The minimum absolute atomic E-state index is 0.204. The molecule has 0 unspecified atom stereocenters. The Labute approximate surface area is 96.8 Å². The number of hydrogen-bond acceptors (Lipinski definition) is 2. The summed E-state index contributed by atoms with van der Waals surface area (Å²) in [4.78, 5) is 0. The van der Waals surface area contributed by atoms with Gasteiger partial charge in [-0.25, -0.2) is 4.39 Å². The largest absolute Gasteiger partial charge is 0.377 e. The van der Waals surface area contributed by atoms with Crippen molar-refractivity contribution in [1.29, 1.82) is 0 Å². The van der Waals surface area contributed by atoms with E-state index < -0.39 is 0 Å². The minimum Gasteiger partial charge on any atom is -0.377 e. The molecule has 0 fully saturated rings. The van der Waals surface area contributed by atoms with Crippen LogP contribution in [0.4, 0.5) is 4.39 Å². The van der Waals surface area contributed by atoms with Crippen molar-refractivity contribution in [2.24, 2.45) is 0 Å². The summed E-state index contributed by atoms with van der Waals surface area (Å²) in [7, 11) is 0. The van der Waals surface area contributed by atoms with Crippen LogP contribution in [-0.4, -0.2) is 19.2 Å². The number of benzene rings is 1. The van der Waals surface area contributed by atoms with Crippen molar-refractivity contribution < 1.29 is 9.13 Å². The Balaban J connectivity index is 2.05. The first-order valence-electron chi connectivity index (χ1n) is 5.74. The highest BCUT2D eigenvalue weighted by atomic mass is 19.1. The molecule has 0 heterocycles. The molecule has 0 saturated heterocycles. The van der Waals surface area contributed by atoms with Gasteiger partial charge in [-0.3, -0.25) is 0 Å². The van der Waals surface area contributed by atoms with Gasteiger partial charge in [0.15, 0.2) is 0 Å². The second-order valence-corrected chi connectivity index (χ2v) is 4.14. The molecular weight excluding hydrogens is 205 g/mol. The van der Waals surface area contributed by atoms with Gasteiger partial charge in [-0.15, -0.1) is 0 Å². The second kappa shape index (κ2) is 7.36. The van der Waals surface area contributed by atoms with E-state index in [9.17, 15) is 4.39 Å². The van der Waals surface area contributed by atoms with Crippen LogP contribution in [0.2, 0.25) is 0 Å². The summed E-state index contributed by atoms with van der Waals surface area (Å²) >= 11 is 0. The zero-order valence-electron chi connectivity index (χ0n) is 10.0. The van der Waals surface area contributed by atoms with E-state index in [0.29, 0.717) is 12.6 Å². The predicted molar refractivity (Wildman–Crippen MR) is 63.8 cm³/mol. The molecule has 0 radical (unpaired) electrons. The average Bonchev–Trinajstić information content (AvgIpc) is 2.25. The summed E-state index contributed by atoms with van der Waals surface area (Å²) in [5.41, 5.74) is 1.01. The first-order chi connectivity index (χ1) is 7.68. The number of ether oxygens (including phenoxy) is 1. The van der Waals surface area contributed by atoms with Crippen molar-refractivity contribution in [3.05, 3.63) is 35.6 Å². The third-order valence-corrected chi connectivity index (χ3v) is 2.20. The lowest BCUT2D eigenvalue weighted by Gasteiger charge is -2.08. The lowest BCUT2D eigenvalue weighted by molar-refractivity contribution is 0.118. The molecule has 0 amide bonds. The highest BCUT2D eigenvalue weighted by molar-refractivity contribution is 5.14. The van der Waals surface area contributed by atoms with Gasteiger partial charge in [-0.05, 0) is 30.7 Å². The van der Waals surface area contributed by atoms with Crippen LogP contribution in [-0.2, 0) is 11.3 Å². The number of nitrogens with one attached hydrogen (secondary N) is 1. The van der Waals surface area contributed by atoms with Crippen LogP contribution in [0.25, 0.3) is 0 Å². The Morgan fingerprint density at radius 2 is 1.94 bits per heavy atom. The fourth-order valence-corrected chi connectivity index (χ4v) is 1.34. The van der Waals surface area contributed by atoms with Crippen LogP contribution in [0, 0.1) is 5.82 Å². The highest BCUT2D eigenvalue weighted by Crippen LogP contribution is 2.04. The molecule has 2 nitrogen and oxygen atoms in total. The average molecular weight is 225 g/mol. The molecule has 1 rings (SSSR count). The fourth-order valence-electron chi connectivity index (χ4n) is 1.34. The summed E-state index contributed by atoms with van der Waals surface area (Å²) in [6.45, 7) is 6.51. The normalized spacial score (nSPS) is 11.0. The molecule has 0 spiro atoms. The van der Waals surface area contributed by atoms with Gasteiger partial charge in [-0.2, -0.15) is 0 Å². The molecule has 1 aromatic rings. The second-order valence-electron chi connectivity index (χ2n) is 4.14. The van der Waals surface area contributed by atoms with Gasteiger partial charge >= 0.3 is 0 Å². The SMILES string of the molecule is CC(C)NCCCOCc1ccc(F)cc1. The molecule has 0 aliphatic heterocycles. The molecule has 0 aliphatic carbocycles. The van der Waals surface area contributed by atoms with Crippen LogP contribution >= 0.6 is 0 Å². The van der Waals surface area contributed by atoms with Crippen LogP contribution in [0.1, 0.15) is 25.8 Å². The fraction of sp³-hybridized carbons (Fsp3) is 0.538. The molecule has 0 aliphatic rings. The van der Waals surface area contributed by atoms with E-state index in [0.717, 1.165) is 25.1 Å². The molecule has 0 bridgehead atoms. The number of halogens is 1. The summed E-state index contributed by atoms with van der Waals surface area (Å²) in [6, 6.07) is 6.94. The van der Waals surface area contributed by atoms with E-state index in [4.69, 9.17) is 4.74 Å². The standard InChI is InChI=1S/C13H20FNO/c1-11(2)15-8-3-9-16-10-12-4-6-13(14)7-5-12/h4-7,11,15H,3,8-10H2,1-2H3. The third-order valence-electron chi connectivity index (χ3n) is 2.20. The smallest absolute Gasteiger partial charge is 0.123 e. The van der Waals surface area contributed by atoms with Gasteiger partial charge in [0.1, 0.15) is 5.82 Å². The number of rotatable bonds is 7. The third kappa shape index (κ3) is 5.83. The van der Waals surface area contributed by atoms with Crippen molar-refractivity contribution in [3.8, 4) is 0 Å². The molecule has 90 valence electrons. The maximum Gasteiger partial charge on any atom is 0.123 e. The zero-order chi connectivity index (χ0) is 11.8. The van der Waals surface area contributed by atoms with Crippen molar-refractivity contribution in [1.82, 2.24) is 5.32 Å². The van der Waals surface area contributed by atoms with E-state index >= 15 is 0 Å². The predicted octanol–water partition coefficient (Wildman–Crippen LogP) is 2.73. The van der Waals surface area contributed by atoms with Gasteiger partial charge in [0.05, 0.1) is 6.61 Å². The first kappa shape index (κ1) is 13.1. The molecule has 16 heavy (non-hydrogen) atoms. The van der Waals surface area contributed by atoms with Gasteiger partial charge in [0.25, 0.3) is 0 Å². The van der Waals surface area contributed by atoms with E-state index in [-0.39, 0.29) is 5.82 Å². The van der Waals surface area contributed by atoms with E-state index in [1.807, 2.05) is 0 Å². The first-order valence-corrected chi connectivity index (χ1v) is 5.74. The highest BCUT2D eigenvalue weighted by Gasteiger charge is 1.95. The molecule has 1 aromatic carbocycles. The van der Waals surface area contributed by atoms with Crippen molar-refractivity contribution >= 4 is 0 Å². The van der Waals surface area contributed by atoms with Gasteiger partial charge in [-0.1, -0.05) is 26.0 Å². The Kier molecular flexibility index (Phi) is 6.04. The lowest BCUT2D eigenvalue weighted by Crippen LogP contribution is -2.24. The molecule has 0 aromatic heterocycles. The van der Waals surface area contributed by atoms with Crippen molar-refractivity contribution in [3.63, 3.8) is 0 Å². The Bertz CT molecular complexity index is 284. The summed E-state index contributed by atoms with van der Waals surface area (Å²) < 4.78 is 18.1. The minimum atomic E-state index is -0.204. The van der Waals surface area contributed by atoms with Crippen LogP contribution < -0.4 is 5.32 Å². The maximum atomic E-state index is 12.6. The monoisotopic (exact) mass is 225 g/mol. The Hall–Kier alpha value is -0.930. The lowest BCUT2D eigenvalue weighted by atomic mass is 10.2. The molecule has 0 saturated carbocycles. The zero-order valence-corrected chi connectivity index (χ0v) is 10.0. The number of hydrogen-bond donors (Lipinski definition) is 1. The Morgan fingerprint density at radius 3 is 2.56 bits per heavy atom. The van der Waals surface area contributed by atoms with Crippen molar-refractivity contribution in [2.45, 2.75) is 32.9 Å². The Morgan fingerprint density at radius 1 is 1.25 bits per heavy atom.